The summed E-state index contributed by atoms with van der Waals surface area (Å²) in [7, 11) is -1.03. The Hall–Kier alpha value is -1.83. The highest BCUT2D eigenvalue weighted by Gasteiger charge is 2.23. The number of aliphatic hydroxyl groups excluding tert-OH is 1. The minimum absolute atomic E-state index is 0.269. The van der Waals surface area contributed by atoms with Gasteiger partial charge in [0.15, 0.2) is 0 Å². The van der Waals surface area contributed by atoms with E-state index in [1.54, 1.807) is 16.4 Å². The highest BCUT2D eigenvalue weighted by atomic mass is 32.2. The van der Waals surface area contributed by atoms with Gasteiger partial charge in [-0.1, -0.05) is 0 Å². The number of fused-ring (bicyclic) bond motifs is 3. The fraction of sp³-hybridized carbons (Fsp3) is 0.333. The third-order valence-electron chi connectivity index (χ3n) is 4.61. The first-order valence-electron chi connectivity index (χ1n) is 8.21. The quantitative estimate of drug-likeness (QED) is 0.774. The van der Waals surface area contributed by atoms with E-state index in [0.717, 1.165) is 17.5 Å². The van der Waals surface area contributed by atoms with Gasteiger partial charge in [0.05, 0.1) is 23.6 Å². The monoisotopic (exact) mass is 364 g/mol. The van der Waals surface area contributed by atoms with Crippen LogP contribution in [-0.4, -0.2) is 43.1 Å². The summed E-state index contributed by atoms with van der Waals surface area (Å²) in [6, 6.07) is 8.77. The Labute approximate surface area is 146 Å². The lowest BCUT2D eigenvalue weighted by Gasteiger charge is -2.19. The summed E-state index contributed by atoms with van der Waals surface area (Å²) in [6.07, 6.45) is 0.142. The summed E-state index contributed by atoms with van der Waals surface area (Å²) < 4.78 is 42.8. The van der Waals surface area contributed by atoms with Crippen LogP contribution in [0.1, 0.15) is 6.42 Å². The van der Waals surface area contributed by atoms with E-state index < -0.39 is 17.1 Å². The van der Waals surface area contributed by atoms with Crippen molar-refractivity contribution in [3.63, 3.8) is 0 Å². The van der Waals surface area contributed by atoms with E-state index in [4.69, 9.17) is 0 Å². The smallest absolute Gasteiger partial charge is 0.123 e. The van der Waals surface area contributed by atoms with Crippen molar-refractivity contribution >= 4 is 32.8 Å². The minimum Gasteiger partial charge on any atom is -0.390 e. The van der Waals surface area contributed by atoms with E-state index in [-0.39, 0.29) is 18.2 Å². The van der Waals surface area contributed by atoms with Crippen LogP contribution in [0.2, 0.25) is 0 Å². The Morgan fingerprint density at radius 1 is 1.04 bits per heavy atom. The molecule has 2 unspecified atom stereocenters. The lowest BCUT2D eigenvalue weighted by atomic mass is 10.1. The molecule has 7 heteroatoms. The second kappa shape index (κ2) is 6.48. The molecule has 2 aromatic carbocycles. The second-order valence-corrected chi connectivity index (χ2v) is 7.92. The molecule has 25 heavy (non-hydrogen) atoms. The molecule has 0 radical (unpaired) electrons. The zero-order valence-corrected chi connectivity index (χ0v) is 14.3. The van der Waals surface area contributed by atoms with Crippen LogP contribution in [0, 0.1) is 11.6 Å². The molecular weight excluding hydrogens is 346 g/mol. The molecule has 0 spiro atoms. The van der Waals surface area contributed by atoms with Crippen LogP contribution in [0.25, 0.3) is 21.8 Å². The van der Waals surface area contributed by atoms with Crippen LogP contribution in [0.3, 0.4) is 0 Å². The molecule has 2 atom stereocenters. The molecule has 2 heterocycles. The van der Waals surface area contributed by atoms with Crippen molar-refractivity contribution in [3.05, 3.63) is 48.0 Å². The Kier molecular flexibility index (Phi) is 4.31. The van der Waals surface area contributed by atoms with Gasteiger partial charge in [-0.2, -0.15) is 0 Å². The second-order valence-electron chi connectivity index (χ2n) is 6.35. The average Bonchev–Trinajstić information content (AvgIpc) is 3.10. The van der Waals surface area contributed by atoms with Gasteiger partial charge in [0.1, 0.15) is 11.6 Å². The van der Waals surface area contributed by atoms with Gasteiger partial charge >= 0.3 is 0 Å². The molecule has 4 rings (SSSR count). The molecule has 1 aliphatic rings. The van der Waals surface area contributed by atoms with E-state index >= 15 is 0 Å². The molecule has 1 fully saturated rings. The molecule has 0 saturated carbocycles. The largest absolute Gasteiger partial charge is 0.390 e. The van der Waals surface area contributed by atoms with Gasteiger partial charge < -0.3 is 9.67 Å². The number of halogens is 2. The normalized spacial score (nSPS) is 19.9. The van der Waals surface area contributed by atoms with E-state index in [9.17, 15) is 18.1 Å². The molecular formula is C18H18F2N2O2S. The van der Waals surface area contributed by atoms with Gasteiger partial charge in [-0.05, 0) is 42.8 Å². The summed E-state index contributed by atoms with van der Waals surface area (Å²) in [4.78, 5) is 0. The summed E-state index contributed by atoms with van der Waals surface area (Å²) in [5.41, 5.74) is 1.48. The van der Waals surface area contributed by atoms with Crippen LogP contribution >= 0.6 is 0 Å². The van der Waals surface area contributed by atoms with Crippen LogP contribution in [0.4, 0.5) is 8.78 Å². The van der Waals surface area contributed by atoms with E-state index in [2.05, 4.69) is 0 Å². The molecule has 1 aromatic heterocycles. The molecule has 4 nitrogen and oxygen atoms in total. The molecule has 1 N–H and O–H groups in total. The topological polar surface area (TPSA) is 45.5 Å². The number of aromatic nitrogens is 1. The third-order valence-corrected chi connectivity index (χ3v) is 6.16. The standard InChI is InChI=1S/C18H18F2N2O2S/c19-12-2-4-17-15(8-12)16-9-13(20)3-5-18(16)22(17)11-14(23)10-21-6-1-7-25(21)24/h2-5,8-9,14,23H,1,6-7,10-11H2. The number of rotatable bonds is 4. The number of β-amino-alcohol motifs (C(OH)–C–C–N with tert-alkyl or cyclic N) is 1. The Morgan fingerprint density at radius 3 is 2.16 bits per heavy atom. The van der Waals surface area contributed by atoms with Gasteiger partial charge in [0.2, 0.25) is 0 Å². The van der Waals surface area contributed by atoms with Crippen LogP contribution < -0.4 is 0 Å². The fourth-order valence-electron chi connectivity index (χ4n) is 3.52. The van der Waals surface area contributed by atoms with Crippen LogP contribution in [0.15, 0.2) is 36.4 Å². The van der Waals surface area contributed by atoms with Crippen LogP contribution in [-0.2, 0) is 17.5 Å². The van der Waals surface area contributed by atoms with Crippen molar-refractivity contribution < 1.29 is 18.1 Å². The molecule has 1 aliphatic heterocycles. The van der Waals surface area contributed by atoms with Crippen molar-refractivity contribution in [1.82, 2.24) is 8.87 Å². The first-order chi connectivity index (χ1) is 12.0. The average molecular weight is 364 g/mol. The van der Waals surface area contributed by atoms with Crippen molar-refractivity contribution in [2.24, 2.45) is 0 Å². The molecule has 1 saturated heterocycles. The van der Waals surface area contributed by atoms with Gasteiger partial charge in [-0.15, -0.1) is 0 Å². The Balaban J connectivity index is 1.73. The summed E-state index contributed by atoms with van der Waals surface area (Å²) >= 11 is 0. The molecule has 0 amide bonds. The molecule has 3 aromatic rings. The highest BCUT2D eigenvalue weighted by Crippen LogP contribution is 2.30. The lowest BCUT2D eigenvalue weighted by Crippen LogP contribution is -2.33. The van der Waals surface area contributed by atoms with E-state index in [0.29, 0.717) is 29.6 Å². The maximum atomic E-state index is 13.7. The summed E-state index contributed by atoms with van der Waals surface area (Å²) in [5.74, 6) is -0.131. The first-order valence-corrected chi connectivity index (χ1v) is 9.49. The number of nitrogens with zero attached hydrogens (tertiary/aromatic N) is 2. The van der Waals surface area contributed by atoms with Crippen LogP contribution in [0.5, 0.6) is 0 Å². The maximum Gasteiger partial charge on any atom is 0.123 e. The third kappa shape index (κ3) is 3.07. The predicted molar refractivity (Wildman–Crippen MR) is 94.6 cm³/mol. The number of hydrogen-bond donors (Lipinski definition) is 1. The van der Waals surface area contributed by atoms with Crippen molar-refractivity contribution in [3.8, 4) is 0 Å². The molecule has 0 bridgehead atoms. The Bertz CT molecular complexity index is 913. The van der Waals surface area contributed by atoms with E-state index in [1.807, 2.05) is 4.57 Å². The zero-order chi connectivity index (χ0) is 17.6. The number of benzene rings is 2. The zero-order valence-electron chi connectivity index (χ0n) is 13.5. The highest BCUT2D eigenvalue weighted by molar-refractivity contribution is 7.82. The van der Waals surface area contributed by atoms with E-state index in [1.165, 1.54) is 24.3 Å². The van der Waals surface area contributed by atoms with Gasteiger partial charge in [0, 0.05) is 40.6 Å². The van der Waals surface area contributed by atoms with Gasteiger partial charge in [0.25, 0.3) is 0 Å². The minimum atomic E-state index is -1.03. The summed E-state index contributed by atoms with van der Waals surface area (Å²) in [6.45, 7) is 1.30. The number of aliphatic hydroxyl groups is 1. The van der Waals surface area contributed by atoms with Crippen molar-refractivity contribution in [1.29, 1.82) is 0 Å². The summed E-state index contributed by atoms with van der Waals surface area (Å²) in [5, 5.41) is 11.7. The number of hydrogen-bond acceptors (Lipinski definition) is 2. The predicted octanol–water partition coefficient (Wildman–Crippen LogP) is 2.80. The molecule has 0 aliphatic carbocycles. The first kappa shape index (κ1) is 16.6. The van der Waals surface area contributed by atoms with Crippen molar-refractivity contribution in [2.75, 3.05) is 18.8 Å². The van der Waals surface area contributed by atoms with Gasteiger partial charge in [-0.3, -0.25) is 0 Å². The SMILES string of the molecule is O=S1CCCN1CC(O)Cn1c2ccc(F)cc2c2cc(F)ccc21. The molecule has 132 valence electrons. The Morgan fingerprint density at radius 2 is 1.64 bits per heavy atom. The lowest BCUT2D eigenvalue weighted by molar-refractivity contribution is 0.134. The van der Waals surface area contributed by atoms with Crippen molar-refractivity contribution in [2.45, 2.75) is 19.1 Å². The fourth-order valence-corrected chi connectivity index (χ4v) is 4.82. The maximum absolute atomic E-state index is 13.7. The van der Waals surface area contributed by atoms with Gasteiger partial charge in [-0.25, -0.2) is 17.3 Å².